The zero-order chi connectivity index (χ0) is 42.3. The fraction of sp³-hybridized carbons (Fsp3) is 0.0968. The molecule has 0 amide bonds. The smallest absolute Gasteiger partial charge is 0.297 e. The Balaban J connectivity index is 1.42. The van der Waals surface area contributed by atoms with Crippen LogP contribution in [0.4, 0.5) is 34.9 Å². The molecule has 58 heavy (non-hydrogen) atoms. The lowest BCUT2D eigenvalue weighted by atomic mass is 10.1. The van der Waals surface area contributed by atoms with Gasteiger partial charge in [-0.1, -0.05) is 53.5 Å². The maximum Gasteiger partial charge on any atom is 0.297 e. The van der Waals surface area contributed by atoms with Crippen LogP contribution in [-0.4, -0.2) is 81.5 Å². The monoisotopic (exact) mass is 909 g/mol. The molecule has 0 fully saturated rings. The molecule has 21 nitrogen and oxygen atoms in total. The van der Waals surface area contributed by atoms with Gasteiger partial charge in [0.1, 0.15) is 32.8 Å². The number of nitriles is 1. The number of rotatable bonds is 12. The minimum absolute atomic E-state index is 0.00284. The van der Waals surface area contributed by atoms with E-state index in [2.05, 4.69) is 51.1 Å². The van der Waals surface area contributed by atoms with E-state index in [1.54, 1.807) is 25.1 Å². The first-order valence-corrected chi connectivity index (χ1v) is 21.1. The second kappa shape index (κ2) is 16.0. The highest BCUT2D eigenvalue weighted by Gasteiger charge is 2.27. The molecule has 0 saturated carbocycles. The summed E-state index contributed by atoms with van der Waals surface area (Å²) in [6, 6.07) is 12.2. The lowest BCUT2D eigenvalue weighted by Gasteiger charge is -2.16. The predicted octanol–water partition coefficient (Wildman–Crippen LogP) is 6.32. The van der Waals surface area contributed by atoms with Crippen LogP contribution in [0.15, 0.2) is 79.5 Å². The van der Waals surface area contributed by atoms with Crippen LogP contribution in [-0.2, 0) is 30.4 Å². The molecule has 0 aliphatic carbocycles. The first-order chi connectivity index (χ1) is 27.1. The van der Waals surface area contributed by atoms with Crippen molar-refractivity contribution in [3.8, 4) is 11.8 Å². The Labute approximate surface area is 342 Å². The highest BCUT2D eigenvalue weighted by molar-refractivity contribution is 7.86. The lowest BCUT2D eigenvalue weighted by molar-refractivity contribution is 0.472. The number of azo groups is 1. The topological polar surface area (TPSA) is 332 Å². The standard InChI is InChI=1S/C31H22Cl3N11O10S3/c1-13(37-30-39-26(32)18(11-35)27(33)40-30)12-36-29-41-28(34)42-31(43-29)38-20-10-16(56(47,48)49)8-15-9-21(57(50,51)52)23(24(46)22(15)20)45-44-19-7-6-14-4-2-3-5-17(14)25(19)58(53,54)55/h2-10,13,46H,12H2,1H3,(H,37,39,40)(H,47,48,49)(H,50,51,52)(H,53,54,55)(H2,36,38,41,42,43). The van der Waals surface area contributed by atoms with Crippen LogP contribution >= 0.6 is 34.8 Å². The Bertz CT molecular complexity index is 3080. The summed E-state index contributed by atoms with van der Waals surface area (Å²) in [5.74, 6) is -1.60. The van der Waals surface area contributed by atoms with Gasteiger partial charge in [0.15, 0.2) is 16.1 Å². The van der Waals surface area contributed by atoms with Gasteiger partial charge in [-0.15, -0.1) is 10.2 Å². The molecular formula is C31H22Cl3N11O10S3. The quantitative estimate of drug-likeness (QED) is 0.0401. The highest BCUT2D eigenvalue weighted by Crippen LogP contribution is 2.46. The third-order valence-electron chi connectivity index (χ3n) is 7.80. The number of nitrogens with one attached hydrogen (secondary N) is 3. The van der Waals surface area contributed by atoms with Gasteiger partial charge in [0.2, 0.25) is 23.1 Å². The van der Waals surface area contributed by atoms with Gasteiger partial charge >= 0.3 is 0 Å². The molecule has 2 aromatic heterocycles. The molecule has 0 spiro atoms. The molecule has 0 aliphatic heterocycles. The fourth-order valence-electron chi connectivity index (χ4n) is 5.37. The Morgan fingerprint density at radius 1 is 0.793 bits per heavy atom. The van der Waals surface area contributed by atoms with Crippen molar-refractivity contribution >= 4 is 122 Å². The second-order valence-electron chi connectivity index (χ2n) is 11.8. The van der Waals surface area contributed by atoms with Gasteiger partial charge in [-0.05, 0) is 53.6 Å². The summed E-state index contributed by atoms with van der Waals surface area (Å²) < 4.78 is 105. The van der Waals surface area contributed by atoms with Crippen molar-refractivity contribution in [1.82, 2.24) is 24.9 Å². The molecule has 4 aromatic carbocycles. The number of halogens is 3. The molecule has 1 atom stereocenters. The van der Waals surface area contributed by atoms with E-state index in [9.17, 15) is 44.0 Å². The zero-order valence-electron chi connectivity index (χ0n) is 28.7. The SMILES string of the molecule is CC(CNc1nc(Cl)nc(Nc2cc(S(=O)(=O)O)cc3cc(S(=O)(=O)O)c(N=Nc4ccc5ccccc5c4S(=O)(=O)O)c(O)c23)n1)Nc1nc(Cl)c(C#N)c(Cl)n1. The highest BCUT2D eigenvalue weighted by atomic mass is 35.5. The van der Waals surface area contributed by atoms with Crippen molar-refractivity contribution in [2.75, 3.05) is 22.5 Å². The van der Waals surface area contributed by atoms with Crippen molar-refractivity contribution in [1.29, 1.82) is 5.26 Å². The summed E-state index contributed by atoms with van der Waals surface area (Å²) in [5.41, 5.74) is -1.97. The second-order valence-corrected chi connectivity index (χ2v) is 17.0. The Morgan fingerprint density at radius 2 is 1.47 bits per heavy atom. The van der Waals surface area contributed by atoms with Crippen molar-refractivity contribution in [3.05, 3.63) is 75.8 Å². The molecule has 27 heteroatoms. The van der Waals surface area contributed by atoms with Crippen LogP contribution in [0.25, 0.3) is 21.5 Å². The van der Waals surface area contributed by atoms with E-state index in [0.29, 0.717) is 11.5 Å². The normalized spacial score (nSPS) is 12.8. The number of nitrogens with zero attached hydrogens (tertiary/aromatic N) is 8. The fourth-order valence-corrected chi connectivity index (χ4v) is 8.04. The van der Waals surface area contributed by atoms with E-state index in [1.165, 1.54) is 18.2 Å². The summed E-state index contributed by atoms with van der Waals surface area (Å²) >= 11 is 18.1. The Hall–Kier alpha value is -5.62. The molecule has 0 radical (unpaired) electrons. The first-order valence-electron chi connectivity index (χ1n) is 15.7. The predicted molar refractivity (Wildman–Crippen MR) is 210 cm³/mol. The summed E-state index contributed by atoms with van der Waals surface area (Å²) in [7, 11) is -15.3. The maximum absolute atomic E-state index is 12.6. The molecule has 1 unspecified atom stereocenters. The molecule has 7 N–H and O–H groups in total. The Morgan fingerprint density at radius 3 is 2.10 bits per heavy atom. The van der Waals surface area contributed by atoms with Crippen LogP contribution in [0, 0.1) is 11.3 Å². The number of fused-ring (bicyclic) bond motifs is 2. The van der Waals surface area contributed by atoms with Crippen molar-refractivity contribution in [2.24, 2.45) is 10.2 Å². The van der Waals surface area contributed by atoms with Gasteiger partial charge in [0, 0.05) is 23.4 Å². The number of phenols is 1. The van der Waals surface area contributed by atoms with Gasteiger partial charge < -0.3 is 21.1 Å². The number of aromatic hydroxyl groups is 1. The molecule has 2 heterocycles. The zero-order valence-corrected chi connectivity index (χ0v) is 33.4. The number of aromatic nitrogens is 5. The average molecular weight is 911 g/mol. The summed E-state index contributed by atoms with van der Waals surface area (Å²) in [6.45, 7) is 1.75. The lowest BCUT2D eigenvalue weighted by Crippen LogP contribution is -2.27. The molecule has 300 valence electrons. The number of benzene rings is 4. The van der Waals surface area contributed by atoms with Crippen LogP contribution < -0.4 is 16.0 Å². The van der Waals surface area contributed by atoms with Gasteiger partial charge in [-0.3, -0.25) is 13.7 Å². The van der Waals surface area contributed by atoms with E-state index in [1.807, 2.05) is 0 Å². The molecular weight excluding hydrogens is 889 g/mol. The third-order valence-corrected chi connectivity index (χ3v) is 11.2. The summed E-state index contributed by atoms with van der Waals surface area (Å²) in [6.07, 6.45) is 0. The van der Waals surface area contributed by atoms with Crippen LogP contribution in [0.3, 0.4) is 0 Å². The summed E-state index contributed by atoms with van der Waals surface area (Å²) in [5, 5.41) is 35.5. The molecule has 0 bridgehead atoms. The van der Waals surface area contributed by atoms with Crippen molar-refractivity contribution in [2.45, 2.75) is 27.7 Å². The van der Waals surface area contributed by atoms with E-state index in [-0.39, 0.29) is 45.6 Å². The molecule has 6 aromatic rings. The number of anilines is 4. The number of hydrogen-bond donors (Lipinski definition) is 7. The van der Waals surface area contributed by atoms with Crippen LogP contribution in [0.2, 0.25) is 15.6 Å². The number of hydrogen-bond acceptors (Lipinski definition) is 18. The maximum atomic E-state index is 12.6. The van der Waals surface area contributed by atoms with Crippen molar-refractivity contribution < 1.29 is 44.0 Å². The van der Waals surface area contributed by atoms with Gasteiger partial charge in [-0.25, -0.2) is 0 Å². The average Bonchev–Trinajstić information content (AvgIpc) is 3.11. The summed E-state index contributed by atoms with van der Waals surface area (Å²) in [4.78, 5) is 17.4. The van der Waals surface area contributed by atoms with Gasteiger partial charge in [0.05, 0.1) is 10.6 Å². The van der Waals surface area contributed by atoms with Crippen LogP contribution in [0.1, 0.15) is 12.5 Å². The van der Waals surface area contributed by atoms with E-state index >= 15 is 0 Å². The van der Waals surface area contributed by atoms with Crippen molar-refractivity contribution in [3.63, 3.8) is 0 Å². The van der Waals surface area contributed by atoms with E-state index < -0.39 is 90.0 Å². The molecule has 6 rings (SSSR count). The minimum Gasteiger partial charge on any atom is -0.505 e. The van der Waals surface area contributed by atoms with Gasteiger partial charge in [0.25, 0.3) is 30.4 Å². The Kier molecular flexibility index (Phi) is 11.6. The van der Waals surface area contributed by atoms with E-state index in [4.69, 9.17) is 40.1 Å². The minimum atomic E-state index is -5.31. The number of phenolic OH excluding ortho intramolecular Hbond substituents is 1. The van der Waals surface area contributed by atoms with E-state index in [0.717, 1.165) is 18.2 Å². The third kappa shape index (κ3) is 9.07. The first kappa shape index (κ1) is 42.0. The largest absolute Gasteiger partial charge is 0.505 e. The molecule has 0 saturated heterocycles. The van der Waals surface area contributed by atoms with Crippen LogP contribution in [0.5, 0.6) is 5.75 Å². The van der Waals surface area contributed by atoms with Gasteiger partial charge in [-0.2, -0.15) is 55.4 Å². The molecule has 0 aliphatic rings.